The average Bonchev–Trinajstić information content (AvgIpc) is 3.12. The molecule has 0 unspecified atom stereocenters. The van der Waals surface area contributed by atoms with Crippen LogP contribution in [-0.4, -0.2) is 102 Å². The van der Waals surface area contributed by atoms with Crippen LogP contribution in [-0.2, 0) is 12.4 Å². The van der Waals surface area contributed by atoms with E-state index in [9.17, 15) is 41.0 Å². The fourth-order valence-corrected chi connectivity index (χ4v) is 4.66. The predicted molar refractivity (Wildman–Crippen MR) is 186 cm³/mol. The normalized spacial score (nSPS) is 13.5. The van der Waals surface area contributed by atoms with Crippen LogP contribution < -0.4 is 16.0 Å². The molecule has 0 saturated carbocycles. The maximum Gasteiger partial charge on any atom is 0.416 e. The van der Waals surface area contributed by atoms with Crippen molar-refractivity contribution in [3.8, 4) is 0 Å². The van der Waals surface area contributed by atoms with E-state index in [4.69, 9.17) is 30.6 Å². The zero-order valence-corrected chi connectivity index (χ0v) is 29.3. The second-order valence-corrected chi connectivity index (χ2v) is 11.5. The number of halogens is 6. The SMILES string of the molecule is CNC[C@H](O)[C@@H](O)[C@H](O)[C@H](O)CO.Cc1c(Nc2ncccc2C(=O)O)cccc1C(F)(F)F.Cc1c(Nc2ncccc2C(=O)O)cccc1C(F)(F)F. The Morgan fingerprint density at radius 2 is 1.04 bits per heavy atom. The maximum absolute atomic E-state index is 12.8. The molecule has 0 saturated heterocycles. The summed E-state index contributed by atoms with van der Waals surface area (Å²) in [5, 5.41) is 70.8. The van der Waals surface area contributed by atoms with Gasteiger partial charge in [0.05, 0.1) is 23.8 Å². The summed E-state index contributed by atoms with van der Waals surface area (Å²) in [6, 6.07) is 12.8. The van der Waals surface area contributed by atoms with Gasteiger partial charge in [-0.05, 0) is 80.6 Å². The van der Waals surface area contributed by atoms with E-state index in [1.807, 2.05) is 0 Å². The molecule has 10 N–H and O–H groups in total. The van der Waals surface area contributed by atoms with Crippen molar-refractivity contribution < 1.29 is 71.7 Å². The van der Waals surface area contributed by atoms with Gasteiger partial charge in [-0.1, -0.05) is 12.1 Å². The van der Waals surface area contributed by atoms with Gasteiger partial charge >= 0.3 is 24.3 Å². The van der Waals surface area contributed by atoms with E-state index in [0.717, 1.165) is 12.1 Å². The number of hydrogen-bond donors (Lipinski definition) is 10. The number of likely N-dealkylation sites (N-methyl/N-ethyl adjacent to an activating group) is 1. The predicted octanol–water partition coefficient (Wildman–Crippen LogP) is 4.34. The Balaban J connectivity index is 0.000000295. The molecular weight excluding hydrogens is 748 g/mol. The molecule has 2 aromatic carbocycles. The number of aliphatic hydroxyl groups is 5. The van der Waals surface area contributed by atoms with Crippen LogP contribution in [0.2, 0.25) is 0 Å². The van der Waals surface area contributed by atoms with Gasteiger partial charge < -0.3 is 51.7 Å². The highest BCUT2D eigenvalue weighted by molar-refractivity contribution is 5.94. The molecule has 0 aliphatic rings. The Hall–Kier alpha value is -5.38. The molecule has 2 heterocycles. The second-order valence-electron chi connectivity index (χ2n) is 11.5. The Kier molecular flexibility index (Phi) is 16.9. The monoisotopic (exact) mass is 787 g/mol. The molecule has 4 atom stereocenters. The van der Waals surface area contributed by atoms with E-state index in [2.05, 4.69) is 25.9 Å². The molecule has 0 radical (unpaired) electrons. The molecule has 300 valence electrons. The molecule has 55 heavy (non-hydrogen) atoms. The number of anilines is 4. The van der Waals surface area contributed by atoms with E-state index in [-0.39, 0.29) is 51.8 Å². The molecule has 14 nitrogen and oxygen atoms in total. The van der Waals surface area contributed by atoms with E-state index < -0.39 is 66.4 Å². The van der Waals surface area contributed by atoms with Crippen molar-refractivity contribution in [1.29, 1.82) is 0 Å². The summed E-state index contributed by atoms with van der Waals surface area (Å²) in [7, 11) is 1.57. The minimum absolute atomic E-state index is 0.00701. The lowest BCUT2D eigenvalue weighted by molar-refractivity contribution is -0.138. The summed E-state index contributed by atoms with van der Waals surface area (Å²) in [5.41, 5.74) is -1.51. The van der Waals surface area contributed by atoms with Gasteiger partial charge in [-0.15, -0.1) is 0 Å². The fourth-order valence-electron chi connectivity index (χ4n) is 4.66. The number of aromatic carboxylic acids is 2. The van der Waals surface area contributed by atoms with Crippen LogP contribution in [0.5, 0.6) is 0 Å². The Bertz CT molecular complexity index is 1760. The van der Waals surface area contributed by atoms with Crippen molar-refractivity contribution >= 4 is 34.9 Å². The number of nitrogens with one attached hydrogen (secondary N) is 3. The zero-order valence-electron chi connectivity index (χ0n) is 29.3. The lowest BCUT2D eigenvalue weighted by atomic mass is 10.0. The van der Waals surface area contributed by atoms with Crippen LogP contribution in [0.3, 0.4) is 0 Å². The molecule has 0 spiro atoms. The first-order chi connectivity index (χ1) is 25.6. The van der Waals surface area contributed by atoms with Gasteiger partial charge in [-0.2, -0.15) is 26.3 Å². The number of hydrogen-bond acceptors (Lipinski definition) is 12. The van der Waals surface area contributed by atoms with Crippen molar-refractivity contribution in [2.45, 2.75) is 50.6 Å². The van der Waals surface area contributed by atoms with E-state index in [1.165, 1.54) is 74.8 Å². The summed E-state index contributed by atoms with van der Waals surface area (Å²) in [5.74, 6) is -2.44. The maximum atomic E-state index is 12.8. The van der Waals surface area contributed by atoms with Crippen LogP contribution >= 0.6 is 0 Å². The third-order valence-electron chi connectivity index (χ3n) is 7.60. The van der Waals surface area contributed by atoms with Gasteiger partial charge in [0.15, 0.2) is 0 Å². The highest BCUT2D eigenvalue weighted by Crippen LogP contribution is 2.36. The van der Waals surface area contributed by atoms with Gasteiger partial charge in [0.2, 0.25) is 0 Å². The van der Waals surface area contributed by atoms with Crippen molar-refractivity contribution in [1.82, 2.24) is 15.3 Å². The van der Waals surface area contributed by atoms with Crippen molar-refractivity contribution in [3.05, 3.63) is 106 Å². The third kappa shape index (κ3) is 13.2. The molecule has 4 rings (SSSR count). The lowest BCUT2D eigenvalue weighted by Gasteiger charge is -2.25. The minimum Gasteiger partial charge on any atom is -0.478 e. The van der Waals surface area contributed by atoms with Gasteiger partial charge in [0.1, 0.15) is 41.1 Å². The first-order valence-corrected chi connectivity index (χ1v) is 15.9. The summed E-state index contributed by atoms with van der Waals surface area (Å²) < 4.78 is 77.0. The highest BCUT2D eigenvalue weighted by Gasteiger charge is 2.34. The zero-order chi connectivity index (χ0) is 41.7. The second kappa shape index (κ2) is 20.3. The van der Waals surface area contributed by atoms with E-state index >= 15 is 0 Å². The molecule has 0 aliphatic heterocycles. The van der Waals surface area contributed by atoms with Crippen LogP contribution in [0, 0.1) is 13.8 Å². The van der Waals surface area contributed by atoms with Crippen molar-refractivity contribution in [2.75, 3.05) is 30.8 Å². The number of nitrogens with zero attached hydrogens (tertiary/aromatic N) is 2. The summed E-state index contributed by atoms with van der Waals surface area (Å²) in [4.78, 5) is 29.8. The lowest BCUT2D eigenvalue weighted by Crippen LogP contribution is -2.48. The summed E-state index contributed by atoms with van der Waals surface area (Å²) in [6.45, 7) is 2.06. The first kappa shape index (κ1) is 45.8. The quantitative estimate of drug-likeness (QED) is 0.0900. The Labute approximate surface area is 309 Å². The number of carboxylic acids is 2. The molecule has 2 aromatic heterocycles. The Morgan fingerprint density at radius 3 is 1.36 bits per heavy atom. The number of benzene rings is 2. The smallest absolute Gasteiger partial charge is 0.416 e. The van der Waals surface area contributed by atoms with Crippen LogP contribution in [0.25, 0.3) is 0 Å². The number of aliphatic hydroxyl groups excluding tert-OH is 5. The molecule has 4 aromatic rings. The van der Waals surface area contributed by atoms with Gasteiger partial charge in [0, 0.05) is 30.3 Å². The van der Waals surface area contributed by atoms with E-state index in [0.29, 0.717) is 0 Å². The van der Waals surface area contributed by atoms with Crippen LogP contribution in [0.4, 0.5) is 49.4 Å². The number of alkyl halides is 6. The summed E-state index contributed by atoms with van der Waals surface area (Å²) >= 11 is 0. The molecule has 0 amide bonds. The standard InChI is InChI=1S/2C14H11F3N2O2.C7H17NO5/c2*1-8-10(14(15,16)17)5-2-6-11(8)19-12-9(13(20)21)4-3-7-18-12;1-8-2-4(10)6(12)7(13)5(11)3-9/h2*2-7H,1H3,(H,18,19)(H,20,21);4-13H,2-3H2,1H3/t;;4-,5+,6+,7+/m..0/s1. The number of carbonyl (C=O) groups is 2. The molecule has 0 aliphatic carbocycles. The van der Waals surface area contributed by atoms with Gasteiger partial charge in [-0.25, -0.2) is 19.6 Å². The topological polar surface area (TPSA) is 238 Å². The van der Waals surface area contributed by atoms with Gasteiger partial charge in [0.25, 0.3) is 0 Å². The number of pyridine rings is 2. The molecule has 0 fully saturated rings. The molecular formula is C35H39F6N5O9. The average molecular weight is 788 g/mol. The molecule has 0 bridgehead atoms. The van der Waals surface area contributed by atoms with E-state index in [1.54, 1.807) is 7.05 Å². The third-order valence-corrected chi connectivity index (χ3v) is 7.60. The van der Waals surface area contributed by atoms with Crippen LogP contribution in [0.15, 0.2) is 73.1 Å². The fraction of sp³-hybridized carbons (Fsp3) is 0.314. The number of carboxylic acid groups (broad SMARTS) is 2. The largest absolute Gasteiger partial charge is 0.478 e. The first-order valence-electron chi connectivity index (χ1n) is 15.9. The van der Waals surface area contributed by atoms with Crippen molar-refractivity contribution in [2.24, 2.45) is 0 Å². The number of aromatic nitrogens is 2. The van der Waals surface area contributed by atoms with Gasteiger partial charge in [-0.3, -0.25) is 0 Å². The minimum atomic E-state index is -4.47. The number of rotatable bonds is 12. The highest BCUT2D eigenvalue weighted by atomic mass is 19.4. The summed E-state index contributed by atoms with van der Waals surface area (Å²) in [6.07, 6.45) is -11.9. The Morgan fingerprint density at radius 1 is 0.655 bits per heavy atom. The van der Waals surface area contributed by atoms with Crippen molar-refractivity contribution in [3.63, 3.8) is 0 Å². The molecule has 20 heteroatoms. The van der Waals surface area contributed by atoms with Crippen LogP contribution in [0.1, 0.15) is 43.0 Å².